The van der Waals surface area contributed by atoms with Gasteiger partial charge in [0.2, 0.25) is 0 Å². The van der Waals surface area contributed by atoms with Crippen LogP contribution in [0.25, 0.3) is 0 Å². The Bertz CT molecular complexity index is 1070. The molecule has 4 aromatic carbocycles. The Balaban J connectivity index is 1.41. The second kappa shape index (κ2) is 10.8. The van der Waals surface area contributed by atoms with Crippen molar-refractivity contribution in [2.75, 3.05) is 26.2 Å². The molecule has 0 aromatic heterocycles. The molecule has 5 rings (SSSR count). The average molecular weight is 487 g/mol. The fraction of sp³-hybridized carbons (Fsp3) is 0.200. The summed E-state index contributed by atoms with van der Waals surface area (Å²) < 4.78 is 0. The zero-order valence-corrected chi connectivity index (χ0v) is 20.5. The minimum Gasteiger partial charge on any atom is -0.290 e. The Morgan fingerprint density at radius 1 is 0.412 bits per heavy atom. The quantitative estimate of drug-likeness (QED) is 0.278. The summed E-state index contributed by atoms with van der Waals surface area (Å²) in [4.78, 5) is 5.19. The van der Waals surface area contributed by atoms with Crippen LogP contribution >= 0.6 is 23.2 Å². The van der Waals surface area contributed by atoms with E-state index in [0.717, 1.165) is 36.2 Å². The van der Waals surface area contributed by atoms with Gasteiger partial charge in [0.05, 0.1) is 12.1 Å². The lowest BCUT2D eigenvalue weighted by molar-refractivity contribution is 0.0898. The molecule has 0 bridgehead atoms. The van der Waals surface area contributed by atoms with E-state index in [9.17, 15) is 0 Å². The van der Waals surface area contributed by atoms with Gasteiger partial charge < -0.3 is 0 Å². The first-order valence-corrected chi connectivity index (χ1v) is 12.5. The first-order valence-electron chi connectivity index (χ1n) is 11.8. The molecule has 0 spiro atoms. The monoisotopic (exact) mass is 486 g/mol. The van der Waals surface area contributed by atoms with Crippen LogP contribution in [0.2, 0.25) is 10.0 Å². The van der Waals surface area contributed by atoms with Crippen molar-refractivity contribution in [3.8, 4) is 0 Å². The number of hydrogen-bond acceptors (Lipinski definition) is 2. The van der Waals surface area contributed by atoms with Crippen molar-refractivity contribution in [3.63, 3.8) is 0 Å². The minimum absolute atomic E-state index is 0.214. The highest BCUT2D eigenvalue weighted by Crippen LogP contribution is 2.34. The van der Waals surface area contributed by atoms with Gasteiger partial charge >= 0.3 is 0 Å². The number of hydrogen-bond donors (Lipinski definition) is 0. The highest BCUT2D eigenvalue weighted by atomic mass is 35.5. The molecule has 1 heterocycles. The number of piperazine rings is 1. The molecule has 0 amide bonds. The lowest BCUT2D eigenvalue weighted by Crippen LogP contribution is -2.49. The lowest BCUT2D eigenvalue weighted by atomic mass is 9.94. The molecule has 172 valence electrons. The van der Waals surface area contributed by atoms with E-state index in [-0.39, 0.29) is 12.1 Å². The Labute approximate surface area is 212 Å². The van der Waals surface area contributed by atoms with Gasteiger partial charge in [0.1, 0.15) is 0 Å². The number of nitrogens with zero attached hydrogens (tertiary/aromatic N) is 2. The zero-order chi connectivity index (χ0) is 23.3. The molecule has 0 N–H and O–H groups in total. The van der Waals surface area contributed by atoms with Crippen molar-refractivity contribution in [1.29, 1.82) is 0 Å². The van der Waals surface area contributed by atoms with E-state index in [4.69, 9.17) is 23.2 Å². The Morgan fingerprint density at radius 2 is 0.706 bits per heavy atom. The van der Waals surface area contributed by atoms with Gasteiger partial charge in [0.25, 0.3) is 0 Å². The van der Waals surface area contributed by atoms with E-state index in [1.165, 1.54) is 22.3 Å². The third kappa shape index (κ3) is 5.21. The SMILES string of the molecule is Clc1ccc(C(c2ccccc2)N2CCN(C(c3ccccc3)c3ccc(Cl)cc3)CC2)cc1. The second-order valence-electron chi connectivity index (χ2n) is 8.80. The van der Waals surface area contributed by atoms with E-state index in [1.807, 2.05) is 24.3 Å². The van der Waals surface area contributed by atoms with Crippen LogP contribution in [-0.2, 0) is 0 Å². The van der Waals surface area contributed by atoms with Gasteiger partial charge in [-0.2, -0.15) is 0 Å². The third-order valence-electron chi connectivity index (χ3n) is 6.68. The molecule has 2 atom stereocenters. The molecule has 4 heteroatoms. The Morgan fingerprint density at radius 3 is 1.03 bits per heavy atom. The van der Waals surface area contributed by atoms with Gasteiger partial charge in [-0.3, -0.25) is 9.80 Å². The first kappa shape index (κ1) is 23.1. The standard InChI is InChI=1S/C30H28Cl2N2/c31-27-15-11-25(12-16-27)29(23-7-3-1-4-8-23)33-19-21-34(22-20-33)30(24-9-5-2-6-10-24)26-13-17-28(32)18-14-26/h1-18,29-30H,19-22H2. The molecular formula is C30H28Cl2N2. The van der Waals surface area contributed by atoms with Gasteiger partial charge in [-0.05, 0) is 46.5 Å². The molecule has 0 radical (unpaired) electrons. The van der Waals surface area contributed by atoms with Crippen LogP contribution in [0, 0.1) is 0 Å². The Hall–Kier alpha value is -2.62. The van der Waals surface area contributed by atoms with Gasteiger partial charge in [0.15, 0.2) is 0 Å². The maximum absolute atomic E-state index is 6.20. The number of halogens is 2. The van der Waals surface area contributed by atoms with Crippen molar-refractivity contribution < 1.29 is 0 Å². The van der Waals surface area contributed by atoms with Gasteiger partial charge in [-0.1, -0.05) is 108 Å². The van der Waals surface area contributed by atoms with E-state index >= 15 is 0 Å². The molecular weight excluding hydrogens is 459 g/mol. The van der Waals surface area contributed by atoms with Crippen molar-refractivity contribution in [3.05, 3.63) is 141 Å². The summed E-state index contributed by atoms with van der Waals surface area (Å²) in [7, 11) is 0. The molecule has 0 aliphatic carbocycles. The predicted octanol–water partition coefficient (Wildman–Crippen LogP) is 7.49. The highest BCUT2D eigenvalue weighted by molar-refractivity contribution is 6.30. The van der Waals surface area contributed by atoms with Crippen LogP contribution < -0.4 is 0 Å². The summed E-state index contributed by atoms with van der Waals surface area (Å²) >= 11 is 12.4. The van der Waals surface area contributed by atoms with E-state index in [0.29, 0.717) is 0 Å². The number of benzene rings is 4. The highest BCUT2D eigenvalue weighted by Gasteiger charge is 2.30. The van der Waals surface area contributed by atoms with E-state index in [1.54, 1.807) is 0 Å². The molecule has 1 saturated heterocycles. The van der Waals surface area contributed by atoms with Crippen molar-refractivity contribution >= 4 is 23.2 Å². The summed E-state index contributed by atoms with van der Waals surface area (Å²) in [5, 5.41) is 1.54. The number of rotatable bonds is 6. The smallest absolute Gasteiger partial charge is 0.0602 e. The first-order chi connectivity index (χ1) is 16.7. The molecule has 1 aliphatic rings. The summed E-state index contributed by atoms with van der Waals surface area (Å²) in [6, 6.07) is 38.6. The largest absolute Gasteiger partial charge is 0.290 e. The van der Waals surface area contributed by atoms with Crippen LogP contribution in [0.15, 0.2) is 109 Å². The molecule has 0 saturated carbocycles. The van der Waals surface area contributed by atoms with Crippen LogP contribution in [0.3, 0.4) is 0 Å². The summed E-state index contributed by atoms with van der Waals surface area (Å²) in [5.41, 5.74) is 5.19. The Kier molecular flexibility index (Phi) is 7.32. The van der Waals surface area contributed by atoms with E-state index in [2.05, 4.69) is 94.7 Å². The predicted molar refractivity (Wildman–Crippen MR) is 143 cm³/mol. The lowest BCUT2D eigenvalue weighted by Gasteiger charge is -2.43. The molecule has 1 aliphatic heterocycles. The molecule has 2 nitrogen and oxygen atoms in total. The topological polar surface area (TPSA) is 6.48 Å². The molecule has 1 fully saturated rings. The van der Waals surface area contributed by atoms with E-state index < -0.39 is 0 Å². The fourth-order valence-electron chi connectivity index (χ4n) is 5.04. The molecule has 4 aromatic rings. The maximum atomic E-state index is 6.20. The second-order valence-corrected chi connectivity index (χ2v) is 9.67. The van der Waals surface area contributed by atoms with Crippen molar-refractivity contribution in [2.24, 2.45) is 0 Å². The minimum atomic E-state index is 0.214. The fourth-order valence-corrected chi connectivity index (χ4v) is 5.29. The molecule has 2 unspecified atom stereocenters. The average Bonchev–Trinajstić information content (AvgIpc) is 2.89. The van der Waals surface area contributed by atoms with Crippen LogP contribution in [0.4, 0.5) is 0 Å². The van der Waals surface area contributed by atoms with Crippen LogP contribution in [-0.4, -0.2) is 36.0 Å². The summed E-state index contributed by atoms with van der Waals surface area (Å²) in [6.45, 7) is 3.94. The maximum Gasteiger partial charge on any atom is 0.0602 e. The van der Waals surface area contributed by atoms with Gasteiger partial charge in [-0.25, -0.2) is 0 Å². The van der Waals surface area contributed by atoms with Crippen LogP contribution in [0.5, 0.6) is 0 Å². The normalized spacial score (nSPS) is 16.8. The van der Waals surface area contributed by atoms with Crippen molar-refractivity contribution in [1.82, 2.24) is 9.80 Å². The third-order valence-corrected chi connectivity index (χ3v) is 7.19. The summed E-state index contributed by atoms with van der Waals surface area (Å²) in [5.74, 6) is 0. The van der Waals surface area contributed by atoms with Crippen molar-refractivity contribution in [2.45, 2.75) is 12.1 Å². The molecule has 34 heavy (non-hydrogen) atoms. The summed E-state index contributed by atoms with van der Waals surface area (Å²) in [6.07, 6.45) is 0. The zero-order valence-electron chi connectivity index (χ0n) is 19.0. The van der Waals surface area contributed by atoms with Gasteiger partial charge in [0, 0.05) is 36.2 Å². The van der Waals surface area contributed by atoms with Gasteiger partial charge in [-0.15, -0.1) is 0 Å². The van der Waals surface area contributed by atoms with Crippen LogP contribution in [0.1, 0.15) is 34.3 Å².